The van der Waals surface area contributed by atoms with E-state index in [1.807, 2.05) is 32.0 Å². The highest BCUT2D eigenvalue weighted by atomic mass is 19.1. The van der Waals surface area contributed by atoms with E-state index >= 15 is 4.39 Å². The van der Waals surface area contributed by atoms with Crippen molar-refractivity contribution in [2.24, 2.45) is 7.05 Å². The quantitative estimate of drug-likeness (QED) is 0.508. The number of benzene rings is 2. The molecule has 0 radical (unpaired) electrons. The van der Waals surface area contributed by atoms with Crippen LogP contribution in [0.25, 0.3) is 10.9 Å². The summed E-state index contributed by atoms with van der Waals surface area (Å²) in [5, 5.41) is 11.0. The molecule has 0 unspecified atom stereocenters. The van der Waals surface area contributed by atoms with Crippen molar-refractivity contribution in [2.45, 2.75) is 19.4 Å². The Morgan fingerprint density at radius 3 is 2.81 bits per heavy atom. The fourth-order valence-electron chi connectivity index (χ4n) is 4.04. The Labute approximate surface area is 184 Å². The number of rotatable bonds is 4. The van der Waals surface area contributed by atoms with Crippen molar-refractivity contribution in [3.63, 3.8) is 0 Å². The van der Waals surface area contributed by atoms with E-state index in [9.17, 15) is 4.79 Å². The Morgan fingerprint density at radius 2 is 2.00 bits per heavy atom. The lowest BCUT2D eigenvalue weighted by Crippen LogP contribution is -2.32. The number of hydrogen-bond acceptors (Lipinski definition) is 6. The summed E-state index contributed by atoms with van der Waals surface area (Å²) in [6.07, 6.45) is 3.37. The number of halogens is 1. The standard InChI is InChI=1S/C23H22FN7O/c1-23(2)16-7-6-14(11-15(16)21(32)28-23)26-22-25-10-9-18(27-22)31(4)17-8-5-13-12-30(3)29-20(13)19(17)24/h5-12H,1-4H3,(H,28,32)(H,25,26,27). The first-order valence-corrected chi connectivity index (χ1v) is 10.2. The second-order valence-electron chi connectivity index (χ2n) is 8.40. The highest BCUT2D eigenvalue weighted by Crippen LogP contribution is 2.33. The van der Waals surface area contributed by atoms with Gasteiger partial charge >= 0.3 is 0 Å². The topological polar surface area (TPSA) is 88.0 Å². The number of nitrogens with zero attached hydrogens (tertiary/aromatic N) is 5. The summed E-state index contributed by atoms with van der Waals surface area (Å²) in [4.78, 5) is 22.7. The van der Waals surface area contributed by atoms with E-state index in [0.29, 0.717) is 34.2 Å². The van der Waals surface area contributed by atoms with Crippen LogP contribution in [0.15, 0.2) is 48.8 Å². The third-order valence-corrected chi connectivity index (χ3v) is 5.68. The molecule has 32 heavy (non-hydrogen) atoms. The first kappa shape index (κ1) is 19.9. The van der Waals surface area contributed by atoms with Crippen molar-refractivity contribution in [1.29, 1.82) is 0 Å². The van der Waals surface area contributed by atoms with Crippen molar-refractivity contribution in [2.75, 3.05) is 17.3 Å². The smallest absolute Gasteiger partial charge is 0.252 e. The Morgan fingerprint density at radius 1 is 1.19 bits per heavy atom. The minimum atomic E-state index is -0.411. The number of nitrogens with one attached hydrogen (secondary N) is 2. The predicted octanol–water partition coefficient (Wildman–Crippen LogP) is 3.99. The van der Waals surface area contributed by atoms with Gasteiger partial charge < -0.3 is 15.5 Å². The molecule has 5 rings (SSSR count). The minimum Gasteiger partial charge on any atom is -0.343 e. The molecule has 0 bridgehead atoms. The summed E-state index contributed by atoms with van der Waals surface area (Å²) in [5.74, 6) is 0.331. The van der Waals surface area contributed by atoms with Gasteiger partial charge in [0.25, 0.3) is 5.91 Å². The van der Waals surface area contributed by atoms with Gasteiger partial charge in [-0.25, -0.2) is 9.37 Å². The molecule has 0 saturated heterocycles. The number of hydrogen-bond donors (Lipinski definition) is 2. The molecule has 1 aliphatic heterocycles. The number of fused-ring (bicyclic) bond motifs is 2. The van der Waals surface area contributed by atoms with Gasteiger partial charge in [0.15, 0.2) is 5.82 Å². The molecule has 8 nitrogen and oxygen atoms in total. The highest BCUT2D eigenvalue weighted by Gasteiger charge is 2.34. The summed E-state index contributed by atoms with van der Waals surface area (Å²) in [5.41, 5.74) is 2.53. The van der Waals surface area contributed by atoms with Crippen molar-refractivity contribution in [3.05, 3.63) is 65.7 Å². The van der Waals surface area contributed by atoms with E-state index in [2.05, 4.69) is 25.7 Å². The minimum absolute atomic E-state index is 0.108. The predicted molar refractivity (Wildman–Crippen MR) is 121 cm³/mol. The van der Waals surface area contributed by atoms with E-state index in [-0.39, 0.29) is 5.91 Å². The van der Waals surface area contributed by atoms with Gasteiger partial charge in [-0.3, -0.25) is 9.48 Å². The van der Waals surface area contributed by atoms with Crippen molar-refractivity contribution in [3.8, 4) is 0 Å². The van der Waals surface area contributed by atoms with Crippen molar-refractivity contribution in [1.82, 2.24) is 25.1 Å². The molecule has 0 atom stereocenters. The zero-order valence-corrected chi connectivity index (χ0v) is 18.1. The van der Waals surface area contributed by atoms with Crippen LogP contribution in [-0.2, 0) is 12.6 Å². The van der Waals surface area contributed by atoms with E-state index in [4.69, 9.17) is 0 Å². The zero-order chi connectivity index (χ0) is 22.6. The third kappa shape index (κ3) is 3.22. The maximum atomic E-state index is 15.1. The lowest BCUT2D eigenvalue weighted by Gasteiger charge is -2.20. The van der Waals surface area contributed by atoms with Crippen LogP contribution in [0.2, 0.25) is 0 Å². The van der Waals surface area contributed by atoms with Gasteiger partial charge in [0, 0.05) is 43.1 Å². The van der Waals surface area contributed by atoms with Crippen LogP contribution in [0.1, 0.15) is 29.8 Å². The van der Waals surface area contributed by atoms with Crippen LogP contribution in [0.3, 0.4) is 0 Å². The fraction of sp³-hybridized carbons (Fsp3) is 0.217. The second kappa shape index (κ2) is 7.01. The number of carbonyl (C=O) groups is 1. The Hall–Kier alpha value is -4.01. The van der Waals surface area contributed by atoms with Crippen LogP contribution >= 0.6 is 0 Å². The number of amides is 1. The largest absolute Gasteiger partial charge is 0.343 e. The molecule has 0 fully saturated rings. The fourth-order valence-corrected chi connectivity index (χ4v) is 4.04. The van der Waals surface area contributed by atoms with Crippen LogP contribution in [0.5, 0.6) is 0 Å². The molecule has 4 aromatic rings. The molecular formula is C23H22FN7O. The van der Waals surface area contributed by atoms with E-state index in [0.717, 1.165) is 10.9 Å². The first-order chi connectivity index (χ1) is 15.2. The molecule has 0 saturated carbocycles. The lowest BCUT2D eigenvalue weighted by atomic mass is 9.94. The monoisotopic (exact) mass is 431 g/mol. The molecule has 3 heterocycles. The van der Waals surface area contributed by atoms with Gasteiger partial charge in [0.05, 0.1) is 11.2 Å². The SMILES string of the molecule is CN(c1ccnc(Nc2ccc3c(c2)C(=O)NC3(C)C)n1)c1ccc2cn(C)nc2c1F. The molecule has 9 heteroatoms. The molecule has 1 aliphatic rings. The van der Waals surface area contributed by atoms with E-state index < -0.39 is 11.4 Å². The second-order valence-corrected chi connectivity index (χ2v) is 8.40. The summed E-state index contributed by atoms with van der Waals surface area (Å²) in [6, 6.07) is 10.8. The van der Waals surface area contributed by atoms with Gasteiger partial charge in [0.2, 0.25) is 5.95 Å². The Balaban J connectivity index is 1.44. The molecule has 2 aromatic carbocycles. The summed E-state index contributed by atoms with van der Waals surface area (Å²) in [6.45, 7) is 3.93. The van der Waals surface area contributed by atoms with Gasteiger partial charge in [0.1, 0.15) is 11.3 Å². The first-order valence-electron chi connectivity index (χ1n) is 10.2. The maximum Gasteiger partial charge on any atom is 0.252 e. The maximum absolute atomic E-state index is 15.1. The Kier molecular flexibility index (Phi) is 4.37. The molecule has 2 aromatic heterocycles. The summed E-state index contributed by atoms with van der Waals surface area (Å²) in [7, 11) is 3.50. The average molecular weight is 431 g/mol. The van der Waals surface area contributed by atoms with E-state index in [1.54, 1.807) is 54.3 Å². The van der Waals surface area contributed by atoms with Crippen LogP contribution < -0.4 is 15.5 Å². The molecule has 0 aliphatic carbocycles. The summed E-state index contributed by atoms with van der Waals surface area (Å²) < 4.78 is 16.7. The Bertz CT molecular complexity index is 1380. The number of aryl methyl sites for hydroxylation is 1. The van der Waals surface area contributed by atoms with Gasteiger partial charge in [-0.05, 0) is 49.7 Å². The number of anilines is 4. The van der Waals surface area contributed by atoms with Gasteiger partial charge in [-0.1, -0.05) is 6.07 Å². The van der Waals surface area contributed by atoms with Gasteiger partial charge in [-0.15, -0.1) is 0 Å². The summed E-state index contributed by atoms with van der Waals surface area (Å²) >= 11 is 0. The lowest BCUT2D eigenvalue weighted by molar-refractivity contribution is 0.0940. The number of aromatic nitrogens is 4. The van der Waals surface area contributed by atoms with Crippen LogP contribution in [0, 0.1) is 5.82 Å². The molecule has 0 spiro atoms. The number of carbonyl (C=O) groups excluding carboxylic acids is 1. The van der Waals surface area contributed by atoms with Gasteiger partial charge in [-0.2, -0.15) is 10.1 Å². The molecule has 162 valence electrons. The highest BCUT2D eigenvalue weighted by molar-refractivity contribution is 6.00. The van der Waals surface area contributed by atoms with Crippen molar-refractivity contribution < 1.29 is 9.18 Å². The van der Waals surface area contributed by atoms with Crippen molar-refractivity contribution >= 4 is 40.0 Å². The average Bonchev–Trinajstić information content (AvgIpc) is 3.24. The molecular weight excluding hydrogens is 409 g/mol. The molecule has 2 N–H and O–H groups in total. The normalized spacial score (nSPS) is 14.3. The molecule has 1 amide bonds. The van der Waals surface area contributed by atoms with E-state index in [1.165, 1.54) is 0 Å². The van der Waals surface area contributed by atoms with Crippen LogP contribution in [-0.4, -0.2) is 32.7 Å². The zero-order valence-electron chi connectivity index (χ0n) is 18.1. The third-order valence-electron chi connectivity index (χ3n) is 5.68. The van der Waals surface area contributed by atoms with Crippen LogP contribution in [0.4, 0.5) is 27.5 Å².